The van der Waals surface area contributed by atoms with Crippen molar-refractivity contribution in [2.24, 2.45) is 11.3 Å². The lowest BCUT2D eigenvalue weighted by Gasteiger charge is -2.44. The minimum atomic E-state index is -0.457. The maximum absolute atomic E-state index is 12.2. The van der Waals surface area contributed by atoms with Gasteiger partial charge in [-0.3, -0.25) is 0 Å². The topological polar surface area (TPSA) is 48.0 Å². The maximum atomic E-state index is 12.2. The van der Waals surface area contributed by atoms with Gasteiger partial charge in [-0.1, -0.05) is 13.0 Å². The molecule has 0 aliphatic carbocycles. The molecule has 0 aromatic heterocycles. The SMILES string of the molecule is C=CC(C)C1(COCOC)CCN(C(=O)OC(C)(C)C)CC1. The molecule has 5 nitrogen and oxygen atoms in total. The number of piperidine rings is 1. The van der Waals surface area contributed by atoms with Gasteiger partial charge in [0.2, 0.25) is 0 Å². The minimum Gasteiger partial charge on any atom is -0.444 e. The molecule has 1 aliphatic rings. The van der Waals surface area contributed by atoms with Crippen LogP contribution in [0.15, 0.2) is 12.7 Å². The van der Waals surface area contributed by atoms with E-state index >= 15 is 0 Å². The van der Waals surface area contributed by atoms with E-state index in [0.29, 0.717) is 32.4 Å². The van der Waals surface area contributed by atoms with Crippen LogP contribution < -0.4 is 0 Å². The third kappa shape index (κ3) is 5.29. The van der Waals surface area contributed by atoms with E-state index in [-0.39, 0.29) is 11.5 Å². The predicted molar refractivity (Wildman–Crippen MR) is 86.7 cm³/mol. The zero-order valence-corrected chi connectivity index (χ0v) is 14.7. The van der Waals surface area contributed by atoms with Gasteiger partial charge in [-0.25, -0.2) is 4.79 Å². The first-order valence-electron chi connectivity index (χ1n) is 7.91. The molecular formula is C17H31NO4. The van der Waals surface area contributed by atoms with Crippen LogP contribution in [-0.4, -0.2) is 50.2 Å². The molecule has 1 rings (SSSR count). The quantitative estimate of drug-likeness (QED) is 0.428. The van der Waals surface area contributed by atoms with Crippen molar-refractivity contribution in [1.29, 1.82) is 0 Å². The zero-order valence-electron chi connectivity index (χ0n) is 14.7. The first kappa shape index (κ1) is 19.0. The summed E-state index contributed by atoms with van der Waals surface area (Å²) in [6.45, 7) is 14.0. The largest absolute Gasteiger partial charge is 0.444 e. The summed E-state index contributed by atoms with van der Waals surface area (Å²) < 4.78 is 16.0. The van der Waals surface area contributed by atoms with Crippen LogP contribution in [0.1, 0.15) is 40.5 Å². The Balaban J connectivity index is 2.64. The Morgan fingerprint density at radius 2 is 1.95 bits per heavy atom. The number of ether oxygens (including phenoxy) is 3. The number of hydrogen-bond donors (Lipinski definition) is 0. The number of hydrogen-bond acceptors (Lipinski definition) is 4. The number of nitrogens with zero attached hydrogens (tertiary/aromatic N) is 1. The van der Waals surface area contributed by atoms with Crippen molar-refractivity contribution < 1.29 is 19.0 Å². The van der Waals surface area contributed by atoms with E-state index < -0.39 is 5.60 Å². The molecule has 0 aromatic rings. The fraction of sp³-hybridized carbons (Fsp3) is 0.824. The summed E-state index contributed by atoms with van der Waals surface area (Å²) in [5.41, 5.74) is -0.444. The Bertz CT molecular complexity index is 367. The average Bonchev–Trinajstić information content (AvgIpc) is 2.45. The van der Waals surface area contributed by atoms with Crippen LogP contribution >= 0.6 is 0 Å². The monoisotopic (exact) mass is 313 g/mol. The number of rotatable bonds is 6. The third-order valence-corrected chi connectivity index (χ3v) is 4.32. The smallest absolute Gasteiger partial charge is 0.410 e. The van der Waals surface area contributed by atoms with E-state index in [2.05, 4.69) is 13.5 Å². The van der Waals surface area contributed by atoms with E-state index in [1.165, 1.54) is 0 Å². The van der Waals surface area contributed by atoms with Gasteiger partial charge in [0.15, 0.2) is 0 Å². The molecule has 0 N–H and O–H groups in total. The molecule has 1 amide bonds. The van der Waals surface area contributed by atoms with Gasteiger partial charge in [0.25, 0.3) is 0 Å². The molecule has 1 heterocycles. The lowest BCUT2D eigenvalue weighted by atomic mass is 9.70. The molecule has 0 spiro atoms. The number of amides is 1. The molecule has 0 bridgehead atoms. The van der Waals surface area contributed by atoms with Gasteiger partial charge in [-0.2, -0.15) is 0 Å². The number of carbonyl (C=O) groups excluding carboxylic acids is 1. The van der Waals surface area contributed by atoms with Crippen LogP contribution in [0.3, 0.4) is 0 Å². The zero-order chi connectivity index (χ0) is 16.8. The summed E-state index contributed by atoms with van der Waals surface area (Å²) in [6, 6.07) is 0. The van der Waals surface area contributed by atoms with Crippen LogP contribution in [0.5, 0.6) is 0 Å². The highest BCUT2D eigenvalue weighted by Crippen LogP contribution is 2.40. The lowest BCUT2D eigenvalue weighted by Crippen LogP contribution is -2.48. The Kier molecular flexibility index (Phi) is 6.88. The van der Waals surface area contributed by atoms with Crippen molar-refractivity contribution in [3.8, 4) is 0 Å². The second kappa shape index (κ2) is 7.97. The van der Waals surface area contributed by atoms with Gasteiger partial charge in [-0.05, 0) is 39.5 Å². The molecule has 1 atom stereocenters. The minimum absolute atomic E-state index is 0.0127. The average molecular weight is 313 g/mol. The number of methoxy groups -OCH3 is 1. The van der Waals surface area contributed by atoms with E-state index in [0.717, 1.165) is 12.8 Å². The fourth-order valence-electron chi connectivity index (χ4n) is 2.77. The van der Waals surface area contributed by atoms with Crippen molar-refractivity contribution in [2.45, 2.75) is 46.1 Å². The van der Waals surface area contributed by atoms with Crippen LogP contribution in [0.2, 0.25) is 0 Å². The summed E-state index contributed by atoms with van der Waals surface area (Å²) >= 11 is 0. The molecule has 5 heteroatoms. The first-order chi connectivity index (χ1) is 10.2. The van der Waals surface area contributed by atoms with Crippen LogP contribution in [-0.2, 0) is 14.2 Å². The Hall–Kier alpha value is -1.07. The summed E-state index contributed by atoms with van der Waals surface area (Å²) in [4.78, 5) is 13.9. The Labute approximate surface area is 134 Å². The summed E-state index contributed by atoms with van der Waals surface area (Å²) in [6.07, 6.45) is 3.50. The number of likely N-dealkylation sites (tertiary alicyclic amines) is 1. The van der Waals surface area contributed by atoms with Gasteiger partial charge in [0.1, 0.15) is 12.4 Å². The molecule has 22 heavy (non-hydrogen) atoms. The summed E-state index contributed by atoms with van der Waals surface area (Å²) in [5.74, 6) is 0.324. The lowest BCUT2D eigenvalue weighted by molar-refractivity contribution is -0.0888. The molecule has 1 fully saturated rings. The van der Waals surface area contributed by atoms with Crippen LogP contribution in [0.25, 0.3) is 0 Å². The molecule has 1 aliphatic heterocycles. The highest BCUT2D eigenvalue weighted by atomic mass is 16.7. The van der Waals surface area contributed by atoms with E-state index in [1.54, 1.807) is 12.0 Å². The standard InChI is InChI=1S/C17H31NO4/c1-7-14(2)17(12-21-13-20-6)8-10-18(11-9-17)15(19)22-16(3,4)5/h7,14H,1,8-13H2,2-6H3. The van der Waals surface area contributed by atoms with Crippen molar-refractivity contribution in [3.05, 3.63) is 12.7 Å². The van der Waals surface area contributed by atoms with E-state index in [4.69, 9.17) is 14.2 Å². The third-order valence-electron chi connectivity index (χ3n) is 4.32. The van der Waals surface area contributed by atoms with Crippen LogP contribution in [0.4, 0.5) is 4.79 Å². The second-order valence-corrected chi connectivity index (χ2v) is 7.11. The fourth-order valence-corrected chi connectivity index (χ4v) is 2.77. The molecule has 0 saturated carbocycles. The van der Waals surface area contributed by atoms with Crippen LogP contribution in [0, 0.1) is 11.3 Å². The van der Waals surface area contributed by atoms with Gasteiger partial charge >= 0.3 is 6.09 Å². The molecule has 0 aromatic carbocycles. The molecular weight excluding hydrogens is 282 g/mol. The first-order valence-corrected chi connectivity index (χ1v) is 7.91. The normalized spacial score (nSPS) is 19.6. The van der Waals surface area contributed by atoms with Gasteiger partial charge in [0, 0.05) is 25.6 Å². The number of allylic oxidation sites excluding steroid dienone is 1. The molecule has 1 unspecified atom stereocenters. The maximum Gasteiger partial charge on any atom is 0.410 e. The summed E-state index contributed by atoms with van der Waals surface area (Å²) in [7, 11) is 1.62. The van der Waals surface area contributed by atoms with E-state index in [1.807, 2.05) is 26.8 Å². The highest BCUT2D eigenvalue weighted by Gasteiger charge is 2.40. The van der Waals surface area contributed by atoms with E-state index in [9.17, 15) is 4.79 Å². The molecule has 128 valence electrons. The Morgan fingerprint density at radius 1 is 1.36 bits per heavy atom. The van der Waals surface area contributed by atoms with Gasteiger partial charge < -0.3 is 19.1 Å². The predicted octanol–water partition coefficient (Wildman–Crippen LogP) is 3.45. The van der Waals surface area contributed by atoms with Crippen molar-refractivity contribution >= 4 is 6.09 Å². The summed E-state index contributed by atoms with van der Waals surface area (Å²) in [5, 5.41) is 0. The molecule has 0 radical (unpaired) electrons. The highest BCUT2D eigenvalue weighted by molar-refractivity contribution is 5.68. The van der Waals surface area contributed by atoms with Crippen molar-refractivity contribution in [2.75, 3.05) is 33.6 Å². The number of carbonyl (C=O) groups is 1. The van der Waals surface area contributed by atoms with Gasteiger partial charge in [0.05, 0.1) is 6.61 Å². The van der Waals surface area contributed by atoms with Gasteiger partial charge in [-0.15, -0.1) is 6.58 Å². The van der Waals surface area contributed by atoms with Crippen molar-refractivity contribution in [3.63, 3.8) is 0 Å². The van der Waals surface area contributed by atoms with Crippen molar-refractivity contribution in [1.82, 2.24) is 4.90 Å². The Morgan fingerprint density at radius 3 is 2.41 bits per heavy atom. The second-order valence-electron chi connectivity index (χ2n) is 7.11. The molecule has 1 saturated heterocycles.